The fourth-order valence-electron chi connectivity index (χ4n) is 4.45. The van der Waals surface area contributed by atoms with Gasteiger partial charge >= 0.3 is 0 Å². The topological polar surface area (TPSA) is 72.7 Å². The number of amides is 1. The van der Waals surface area contributed by atoms with E-state index in [9.17, 15) is 4.79 Å². The molecule has 1 heterocycles. The van der Waals surface area contributed by atoms with E-state index in [0.29, 0.717) is 6.54 Å². The Kier molecular flexibility index (Phi) is 5.98. The molecule has 0 spiro atoms. The minimum atomic E-state index is -0.656. The van der Waals surface area contributed by atoms with Crippen molar-refractivity contribution in [2.75, 3.05) is 6.54 Å². The van der Waals surface area contributed by atoms with Gasteiger partial charge in [-0.15, -0.1) is 5.10 Å². The average Bonchev–Trinajstić information content (AvgIpc) is 3.34. The van der Waals surface area contributed by atoms with Gasteiger partial charge in [0.15, 0.2) is 0 Å². The van der Waals surface area contributed by atoms with Crippen LogP contribution in [0.2, 0.25) is 0 Å². The molecule has 1 amide bonds. The smallest absolute Gasteiger partial charge is 0.248 e. The standard InChI is InChI=1S/C23H27N5O/c29-22(23(15-8-3-9-16-23)28-18-25-26-27-28)24-17-14-21(19-10-4-1-5-11-19)20-12-6-2-7-13-20/h1-2,4-7,10-13,18,21H,3,8-9,14-17H2,(H,24,29). The van der Waals surface area contributed by atoms with E-state index in [0.717, 1.165) is 38.5 Å². The average molecular weight is 390 g/mol. The van der Waals surface area contributed by atoms with Crippen LogP contribution in [0.3, 0.4) is 0 Å². The number of carbonyl (C=O) groups is 1. The molecule has 1 N–H and O–H groups in total. The van der Waals surface area contributed by atoms with Gasteiger partial charge in [0, 0.05) is 12.5 Å². The number of hydrogen-bond acceptors (Lipinski definition) is 4. The first kappa shape index (κ1) is 19.3. The normalized spacial score (nSPS) is 15.9. The van der Waals surface area contributed by atoms with Gasteiger partial charge in [-0.25, -0.2) is 4.68 Å². The van der Waals surface area contributed by atoms with Crippen molar-refractivity contribution in [2.45, 2.75) is 50.0 Å². The van der Waals surface area contributed by atoms with Crippen LogP contribution in [0.1, 0.15) is 55.6 Å². The molecule has 0 radical (unpaired) electrons. The zero-order valence-electron chi connectivity index (χ0n) is 16.6. The Labute approximate surface area is 171 Å². The maximum atomic E-state index is 13.2. The molecule has 0 unspecified atom stereocenters. The number of benzene rings is 2. The van der Waals surface area contributed by atoms with Gasteiger partial charge in [0.2, 0.25) is 5.91 Å². The molecule has 1 fully saturated rings. The minimum absolute atomic E-state index is 0.0318. The molecule has 0 atom stereocenters. The van der Waals surface area contributed by atoms with E-state index in [1.54, 1.807) is 11.0 Å². The Morgan fingerprint density at radius 1 is 0.966 bits per heavy atom. The highest BCUT2D eigenvalue weighted by atomic mass is 16.2. The SMILES string of the molecule is O=C(NCCC(c1ccccc1)c1ccccc1)C1(n2cnnn2)CCCCC1. The molecule has 3 aromatic rings. The van der Waals surface area contributed by atoms with Crippen LogP contribution in [0.25, 0.3) is 0 Å². The summed E-state index contributed by atoms with van der Waals surface area (Å²) in [5, 5.41) is 14.8. The van der Waals surface area contributed by atoms with Crippen LogP contribution >= 0.6 is 0 Å². The van der Waals surface area contributed by atoms with Crippen molar-refractivity contribution in [1.82, 2.24) is 25.5 Å². The molecule has 150 valence electrons. The Balaban J connectivity index is 1.47. The van der Waals surface area contributed by atoms with Gasteiger partial charge < -0.3 is 5.32 Å². The maximum Gasteiger partial charge on any atom is 0.248 e. The molecule has 1 aliphatic rings. The number of tetrazole rings is 1. The van der Waals surface area contributed by atoms with Crippen LogP contribution in [-0.4, -0.2) is 32.7 Å². The van der Waals surface area contributed by atoms with Crippen molar-refractivity contribution in [3.05, 3.63) is 78.1 Å². The summed E-state index contributed by atoms with van der Waals surface area (Å²) in [6.45, 7) is 0.608. The Morgan fingerprint density at radius 3 is 2.14 bits per heavy atom. The second-order valence-corrected chi connectivity index (χ2v) is 7.77. The van der Waals surface area contributed by atoms with Gasteiger partial charge in [0.25, 0.3) is 0 Å². The molecule has 1 aromatic heterocycles. The Bertz CT molecular complexity index is 850. The summed E-state index contributed by atoms with van der Waals surface area (Å²) >= 11 is 0. The molecule has 6 heteroatoms. The van der Waals surface area contributed by atoms with E-state index in [-0.39, 0.29) is 11.8 Å². The number of nitrogens with one attached hydrogen (secondary N) is 1. The summed E-state index contributed by atoms with van der Waals surface area (Å²) in [7, 11) is 0. The van der Waals surface area contributed by atoms with Crippen LogP contribution in [0.15, 0.2) is 67.0 Å². The summed E-state index contributed by atoms with van der Waals surface area (Å²) in [5.41, 5.74) is 1.87. The molecular formula is C23H27N5O. The largest absolute Gasteiger partial charge is 0.354 e. The van der Waals surface area contributed by atoms with Gasteiger partial charge in [-0.2, -0.15) is 0 Å². The number of carbonyl (C=O) groups excluding carboxylic acids is 1. The molecule has 1 saturated carbocycles. The third-order valence-corrected chi connectivity index (χ3v) is 6.01. The summed E-state index contributed by atoms with van der Waals surface area (Å²) in [6.07, 6.45) is 7.16. The fraction of sp³-hybridized carbons (Fsp3) is 0.391. The van der Waals surface area contributed by atoms with Crippen LogP contribution in [-0.2, 0) is 10.3 Å². The number of hydrogen-bond donors (Lipinski definition) is 1. The second kappa shape index (κ2) is 8.99. The van der Waals surface area contributed by atoms with Crippen molar-refractivity contribution < 1.29 is 4.79 Å². The highest BCUT2D eigenvalue weighted by Gasteiger charge is 2.42. The van der Waals surface area contributed by atoms with Gasteiger partial charge in [-0.3, -0.25) is 4.79 Å². The predicted molar refractivity (Wildman–Crippen MR) is 111 cm³/mol. The van der Waals surface area contributed by atoms with Gasteiger partial charge in [-0.05, 0) is 40.8 Å². The lowest BCUT2D eigenvalue weighted by Crippen LogP contribution is -2.50. The highest BCUT2D eigenvalue weighted by molar-refractivity contribution is 5.84. The lowest BCUT2D eigenvalue weighted by molar-refractivity contribution is -0.132. The number of rotatable bonds is 7. The number of nitrogens with zero attached hydrogens (tertiary/aromatic N) is 4. The third kappa shape index (κ3) is 4.21. The van der Waals surface area contributed by atoms with Crippen LogP contribution in [0, 0.1) is 0 Å². The van der Waals surface area contributed by atoms with Gasteiger partial charge in [0.05, 0.1) is 0 Å². The van der Waals surface area contributed by atoms with Crippen molar-refractivity contribution in [3.8, 4) is 0 Å². The Hall–Kier alpha value is -3.02. The molecule has 4 rings (SSSR count). The molecule has 2 aromatic carbocycles. The monoisotopic (exact) mass is 389 g/mol. The first-order valence-corrected chi connectivity index (χ1v) is 10.4. The molecule has 1 aliphatic carbocycles. The predicted octanol–water partition coefficient (Wildman–Crippen LogP) is 3.67. The van der Waals surface area contributed by atoms with Gasteiger partial charge in [0.1, 0.15) is 11.9 Å². The summed E-state index contributed by atoms with van der Waals surface area (Å²) in [4.78, 5) is 13.2. The third-order valence-electron chi connectivity index (χ3n) is 6.01. The summed E-state index contributed by atoms with van der Waals surface area (Å²) in [6, 6.07) is 21.0. The van der Waals surface area contributed by atoms with Crippen molar-refractivity contribution >= 4 is 5.91 Å². The van der Waals surface area contributed by atoms with Crippen molar-refractivity contribution in [1.29, 1.82) is 0 Å². The lowest BCUT2D eigenvalue weighted by Gasteiger charge is -2.35. The highest BCUT2D eigenvalue weighted by Crippen LogP contribution is 2.34. The van der Waals surface area contributed by atoms with E-state index < -0.39 is 5.54 Å². The number of aromatic nitrogens is 4. The quantitative estimate of drug-likeness (QED) is 0.669. The van der Waals surface area contributed by atoms with Gasteiger partial charge in [-0.1, -0.05) is 79.9 Å². The molecule has 0 bridgehead atoms. The van der Waals surface area contributed by atoms with E-state index in [1.807, 2.05) is 12.1 Å². The first-order chi connectivity index (χ1) is 14.3. The Morgan fingerprint density at radius 2 is 1.59 bits per heavy atom. The van der Waals surface area contributed by atoms with E-state index in [2.05, 4.69) is 69.4 Å². The van der Waals surface area contributed by atoms with Crippen LogP contribution < -0.4 is 5.32 Å². The summed E-state index contributed by atoms with van der Waals surface area (Å²) in [5.74, 6) is 0.275. The summed E-state index contributed by atoms with van der Waals surface area (Å²) < 4.78 is 1.66. The maximum absolute atomic E-state index is 13.2. The zero-order chi connectivity index (χ0) is 19.9. The fourth-order valence-corrected chi connectivity index (χ4v) is 4.45. The minimum Gasteiger partial charge on any atom is -0.354 e. The van der Waals surface area contributed by atoms with Crippen LogP contribution in [0.4, 0.5) is 0 Å². The molecule has 29 heavy (non-hydrogen) atoms. The molecule has 0 aliphatic heterocycles. The van der Waals surface area contributed by atoms with Crippen molar-refractivity contribution in [3.63, 3.8) is 0 Å². The molecule has 0 saturated heterocycles. The van der Waals surface area contributed by atoms with E-state index >= 15 is 0 Å². The zero-order valence-corrected chi connectivity index (χ0v) is 16.6. The first-order valence-electron chi connectivity index (χ1n) is 10.4. The molecule has 6 nitrogen and oxygen atoms in total. The molecular weight excluding hydrogens is 362 g/mol. The second-order valence-electron chi connectivity index (χ2n) is 7.77. The van der Waals surface area contributed by atoms with E-state index in [1.165, 1.54) is 11.1 Å². The van der Waals surface area contributed by atoms with E-state index in [4.69, 9.17) is 0 Å². The lowest BCUT2D eigenvalue weighted by atomic mass is 9.81. The van der Waals surface area contributed by atoms with Crippen LogP contribution in [0.5, 0.6) is 0 Å². The van der Waals surface area contributed by atoms with Crippen molar-refractivity contribution in [2.24, 2.45) is 0 Å².